The number of rotatable bonds is 6. The van der Waals surface area contributed by atoms with Crippen LogP contribution in [0.3, 0.4) is 0 Å². The molecule has 0 saturated heterocycles. The van der Waals surface area contributed by atoms with E-state index < -0.39 is 16.7 Å². The van der Waals surface area contributed by atoms with E-state index in [0.717, 1.165) is 0 Å². The van der Waals surface area contributed by atoms with Crippen LogP contribution in [0.2, 0.25) is 0 Å². The normalized spacial score (nSPS) is 10.2. The Hall–Kier alpha value is -2.39. The maximum atomic E-state index is 12.3. The van der Waals surface area contributed by atoms with Crippen LogP contribution in [0.25, 0.3) is 0 Å². The Morgan fingerprint density at radius 3 is 2.62 bits per heavy atom. The second kappa shape index (κ2) is 7.93. The molecule has 0 atom stereocenters. The Morgan fingerprint density at radius 1 is 1.25 bits per heavy atom. The number of nitro benzene ring substituents is 1. The highest BCUT2D eigenvalue weighted by atomic mass is 79.9. The lowest BCUT2D eigenvalue weighted by atomic mass is 10.2. The topological polar surface area (TPSA) is 115 Å². The van der Waals surface area contributed by atoms with Crippen LogP contribution in [0, 0.1) is 10.1 Å². The first-order valence-electron chi connectivity index (χ1n) is 6.64. The van der Waals surface area contributed by atoms with Gasteiger partial charge >= 0.3 is 0 Å². The Labute approximate surface area is 149 Å². The molecular formula is C15H12BrN3O4S. The lowest BCUT2D eigenvalue weighted by Crippen LogP contribution is -2.15. The predicted octanol–water partition coefficient (Wildman–Crippen LogP) is 3.19. The quantitative estimate of drug-likeness (QED) is 0.431. The number of halogens is 1. The smallest absolute Gasteiger partial charge is 0.284 e. The number of anilines is 1. The maximum Gasteiger partial charge on any atom is 0.284 e. The van der Waals surface area contributed by atoms with Gasteiger partial charge in [-0.2, -0.15) is 0 Å². The molecule has 3 N–H and O–H groups in total. The van der Waals surface area contributed by atoms with Crippen molar-refractivity contribution in [2.24, 2.45) is 5.73 Å². The number of carbonyl (C=O) groups excluding carboxylic acids is 2. The number of carbonyl (C=O) groups is 2. The number of para-hydroxylation sites is 1. The number of hydrogen-bond donors (Lipinski definition) is 2. The fourth-order valence-corrected chi connectivity index (χ4v) is 2.97. The fourth-order valence-electron chi connectivity index (χ4n) is 1.83. The highest BCUT2D eigenvalue weighted by molar-refractivity contribution is 9.10. The molecule has 0 aromatic heterocycles. The molecule has 0 aliphatic rings. The molecule has 0 spiro atoms. The molecule has 0 unspecified atom stereocenters. The largest absolute Gasteiger partial charge is 0.369 e. The molecule has 0 heterocycles. The van der Waals surface area contributed by atoms with E-state index in [4.69, 9.17) is 5.73 Å². The van der Waals surface area contributed by atoms with Crippen LogP contribution in [-0.2, 0) is 4.79 Å². The number of nitrogens with zero attached hydrogens (tertiary/aromatic N) is 1. The third kappa shape index (κ3) is 4.56. The molecule has 24 heavy (non-hydrogen) atoms. The number of amides is 2. The van der Waals surface area contributed by atoms with Gasteiger partial charge in [0.2, 0.25) is 5.91 Å². The van der Waals surface area contributed by atoms with E-state index in [1.54, 1.807) is 24.3 Å². The van der Waals surface area contributed by atoms with Gasteiger partial charge in [-0.3, -0.25) is 19.7 Å². The van der Waals surface area contributed by atoms with Gasteiger partial charge in [0.15, 0.2) is 0 Å². The summed E-state index contributed by atoms with van der Waals surface area (Å²) in [7, 11) is 0. The third-order valence-corrected chi connectivity index (χ3v) is 4.68. The van der Waals surface area contributed by atoms with Crippen molar-refractivity contribution in [3.05, 3.63) is 62.6 Å². The Morgan fingerprint density at radius 2 is 1.96 bits per heavy atom. The van der Waals surface area contributed by atoms with Crippen molar-refractivity contribution >= 4 is 50.9 Å². The number of nitro groups is 1. The first-order valence-corrected chi connectivity index (χ1v) is 8.41. The molecule has 7 nitrogen and oxygen atoms in total. The monoisotopic (exact) mass is 409 g/mol. The molecule has 0 radical (unpaired) electrons. The first kappa shape index (κ1) is 18.0. The van der Waals surface area contributed by atoms with E-state index in [-0.39, 0.29) is 17.0 Å². The van der Waals surface area contributed by atoms with Crippen LogP contribution in [-0.4, -0.2) is 22.5 Å². The molecule has 9 heteroatoms. The summed E-state index contributed by atoms with van der Waals surface area (Å²) >= 11 is 4.27. The molecular weight excluding hydrogens is 398 g/mol. The molecule has 0 aliphatic carbocycles. The zero-order valence-electron chi connectivity index (χ0n) is 12.2. The Balaban J connectivity index is 2.23. The lowest BCUT2D eigenvalue weighted by molar-refractivity contribution is -0.385. The first-order chi connectivity index (χ1) is 11.4. The lowest BCUT2D eigenvalue weighted by Gasteiger charge is -2.10. The average Bonchev–Trinajstić information content (AvgIpc) is 2.54. The highest BCUT2D eigenvalue weighted by Crippen LogP contribution is 2.29. The van der Waals surface area contributed by atoms with E-state index in [2.05, 4.69) is 21.2 Å². The van der Waals surface area contributed by atoms with Gasteiger partial charge in [-0.1, -0.05) is 12.1 Å². The van der Waals surface area contributed by atoms with Gasteiger partial charge in [0.05, 0.1) is 20.8 Å². The molecule has 2 aromatic rings. The highest BCUT2D eigenvalue weighted by Gasteiger charge is 2.17. The summed E-state index contributed by atoms with van der Waals surface area (Å²) in [5, 5.41) is 13.6. The number of benzene rings is 2. The molecule has 2 amide bonds. The third-order valence-electron chi connectivity index (χ3n) is 2.91. The molecule has 2 aromatic carbocycles. The van der Waals surface area contributed by atoms with Gasteiger partial charge in [-0.25, -0.2) is 0 Å². The Kier molecular flexibility index (Phi) is 5.93. The van der Waals surface area contributed by atoms with Crippen molar-refractivity contribution < 1.29 is 14.5 Å². The van der Waals surface area contributed by atoms with Gasteiger partial charge in [0.1, 0.15) is 0 Å². The number of nitrogens with one attached hydrogen (secondary N) is 1. The zero-order chi connectivity index (χ0) is 17.7. The summed E-state index contributed by atoms with van der Waals surface area (Å²) in [6, 6.07) is 11.0. The van der Waals surface area contributed by atoms with Crippen molar-refractivity contribution in [1.29, 1.82) is 0 Å². The summed E-state index contributed by atoms with van der Waals surface area (Å²) in [6.45, 7) is 0. The van der Waals surface area contributed by atoms with Gasteiger partial charge in [-0.05, 0) is 40.2 Å². The van der Waals surface area contributed by atoms with Crippen molar-refractivity contribution in [1.82, 2.24) is 0 Å². The summed E-state index contributed by atoms with van der Waals surface area (Å²) in [5.74, 6) is -0.876. The van der Waals surface area contributed by atoms with Gasteiger partial charge in [-0.15, -0.1) is 11.8 Å². The standard InChI is InChI=1S/C15H12BrN3O4S/c16-10-6-5-9(7-12(10)19(22)23)15(21)18-11-3-1-2-4-13(11)24-8-14(17)20/h1-7H,8H2,(H2,17,20)(H,18,21). The summed E-state index contributed by atoms with van der Waals surface area (Å²) in [6.07, 6.45) is 0. The summed E-state index contributed by atoms with van der Waals surface area (Å²) < 4.78 is 0.293. The molecule has 0 saturated carbocycles. The van der Waals surface area contributed by atoms with Crippen molar-refractivity contribution in [3.8, 4) is 0 Å². The van der Waals surface area contributed by atoms with Gasteiger partial charge in [0.25, 0.3) is 11.6 Å². The van der Waals surface area contributed by atoms with E-state index in [0.29, 0.717) is 15.1 Å². The van der Waals surface area contributed by atoms with Crippen LogP contribution < -0.4 is 11.1 Å². The van der Waals surface area contributed by atoms with Crippen LogP contribution in [0.15, 0.2) is 51.8 Å². The average molecular weight is 410 g/mol. The SMILES string of the molecule is NC(=O)CSc1ccccc1NC(=O)c1ccc(Br)c([N+](=O)[O-])c1. The number of primary amides is 1. The summed E-state index contributed by atoms with van der Waals surface area (Å²) in [5.41, 5.74) is 5.58. The van der Waals surface area contributed by atoms with Gasteiger partial charge in [0, 0.05) is 16.5 Å². The van der Waals surface area contributed by atoms with E-state index in [1.165, 1.54) is 30.0 Å². The number of nitrogens with two attached hydrogens (primary N) is 1. The maximum absolute atomic E-state index is 12.3. The fraction of sp³-hybridized carbons (Fsp3) is 0.0667. The Bertz CT molecular complexity index is 813. The zero-order valence-corrected chi connectivity index (χ0v) is 14.6. The number of thioether (sulfide) groups is 1. The minimum atomic E-state index is -0.572. The minimum Gasteiger partial charge on any atom is -0.369 e. The predicted molar refractivity (Wildman–Crippen MR) is 95.1 cm³/mol. The van der Waals surface area contributed by atoms with Crippen molar-refractivity contribution in [2.45, 2.75) is 4.90 Å². The molecule has 2 rings (SSSR count). The van der Waals surface area contributed by atoms with Crippen LogP contribution in [0.1, 0.15) is 10.4 Å². The van der Waals surface area contributed by atoms with Crippen LogP contribution in [0.5, 0.6) is 0 Å². The second-order valence-corrected chi connectivity index (χ2v) is 6.50. The van der Waals surface area contributed by atoms with E-state index >= 15 is 0 Å². The number of hydrogen-bond acceptors (Lipinski definition) is 5. The van der Waals surface area contributed by atoms with Crippen LogP contribution in [0.4, 0.5) is 11.4 Å². The van der Waals surface area contributed by atoms with Crippen LogP contribution >= 0.6 is 27.7 Å². The molecule has 0 fully saturated rings. The summed E-state index contributed by atoms with van der Waals surface area (Å²) in [4.78, 5) is 34.3. The minimum absolute atomic E-state index is 0.0800. The molecule has 124 valence electrons. The van der Waals surface area contributed by atoms with Gasteiger partial charge < -0.3 is 11.1 Å². The second-order valence-electron chi connectivity index (χ2n) is 4.63. The molecule has 0 bridgehead atoms. The van der Waals surface area contributed by atoms with Crippen molar-refractivity contribution in [3.63, 3.8) is 0 Å². The van der Waals surface area contributed by atoms with E-state index in [1.807, 2.05) is 0 Å². The van der Waals surface area contributed by atoms with Crippen molar-refractivity contribution in [2.75, 3.05) is 11.1 Å². The van der Waals surface area contributed by atoms with E-state index in [9.17, 15) is 19.7 Å². The molecule has 0 aliphatic heterocycles.